The Morgan fingerprint density at radius 3 is 1.50 bits per heavy atom. The SMILES string of the molecule is NNc1ccccc1SCCSc1ccccc1NN. The van der Waals surface area contributed by atoms with Gasteiger partial charge in [0.1, 0.15) is 0 Å². The molecule has 0 aliphatic heterocycles. The number of rotatable bonds is 7. The van der Waals surface area contributed by atoms with Gasteiger partial charge in [0, 0.05) is 21.3 Å². The number of benzene rings is 2. The second-order valence-corrected chi connectivity index (χ2v) is 6.25. The van der Waals surface area contributed by atoms with Crippen LogP contribution in [-0.4, -0.2) is 11.5 Å². The van der Waals surface area contributed by atoms with Crippen LogP contribution in [0.1, 0.15) is 0 Å². The molecule has 2 aromatic rings. The van der Waals surface area contributed by atoms with Gasteiger partial charge in [0.2, 0.25) is 0 Å². The van der Waals surface area contributed by atoms with Crippen molar-refractivity contribution in [3.63, 3.8) is 0 Å². The van der Waals surface area contributed by atoms with Crippen LogP contribution in [0, 0.1) is 0 Å². The number of hydrazine groups is 2. The van der Waals surface area contributed by atoms with Crippen LogP contribution in [0.3, 0.4) is 0 Å². The van der Waals surface area contributed by atoms with E-state index in [0.717, 1.165) is 22.9 Å². The van der Waals surface area contributed by atoms with Crippen molar-refractivity contribution in [3.8, 4) is 0 Å². The maximum atomic E-state index is 5.49. The van der Waals surface area contributed by atoms with Crippen molar-refractivity contribution >= 4 is 34.9 Å². The van der Waals surface area contributed by atoms with Gasteiger partial charge in [0.15, 0.2) is 0 Å². The van der Waals surface area contributed by atoms with Gasteiger partial charge in [-0.3, -0.25) is 11.7 Å². The minimum atomic E-state index is 0.964. The molecule has 0 spiro atoms. The number of para-hydroxylation sites is 2. The van der Waals surface area contributed by atoms with Crippen LogP contribution in [0.15, 0.2) is 58.3 Å². The lowest BCUT2D eigenvalue weighted by Crippen LogP contribution is -2.08. The van der Waals surface area contributed by atoms with E-state index in [2.05, 4.69) is 23.0 Å². The van der Waals surface area contributed by atoms with Crippen LogP contribution in [0.25, 0.3) is 0 Å². The van der Waals surface area contributed by atoms with Gasteiger partial charge in [-0.15, -0.1) is 23.5 Å². The third-order valence-electron chi connectivity index (χ3n) is 2.68. The van der Waals surface area contributed by atoms with Gasteiger partial charge in [-0.2, -0.15) is 0 Å². The highest BCUT2D eigenvalue weighted by molar-refractivity contribution is 8.03. The smallest absolute Gasteiger partial charge is 0.0620 e. The van der Waals surface area contributed by atoms with Crippen molar-refractivity contribution in [1.29, 1.82) is 0 Å². The molecule has 20 heavy (non-hydrogen) atoms. The molecule has 2 rings (SSSR count). The predicted molar refractivity (Wildman–Crippen MR) is 90.0 cm³/mol. The quantitative estimate of drug-likeness (QED) is 0.272. The van der Waals surface area contributed by atoms with Gasteiger partial charge in [-0.25, -0.2) is 0 Å². The summed E-state index contributed by atoms with van der Waals surface area (Å²) in [6, 6.07) is 16.1. The van der Waals surface area contributed by atoms with Crippen molar-refractivity contribution in [1.82, 2.24) is 0 Å². The summed E-state index contributed by atoms with van der Waals surface area (Å²) in [5, 5.41) is 0. The minimum Gasteiger partial charge on any atom is -0.323 e. The van der Waals surface area contributed by atoms with Gasteiger partial charge in [-0.05, 0) is 24.3 Å². The molecule has 0 aromatic heterocycles. The van der Waals surface area contributed by atoms with E-state index >= 15 is 0 Å². The molecule has 0 amide bonds. The number of anilines is 2. The van der Waals surface area contributed by atoms with Crippen LogP contribution < -0.4 is 22.5 Å². The Balaban J connectivity index is 1.84. The summed E-state index contributed by atoms with van der Waals surface area (Å²) in [5.74, 6) is 13.0. The molecular formula is C14H18N4S2. The summed E-state index contributed by atoms with van der Waals surface area (Å²) >= 11 is 3.58. The molecule has 4 nitrogen and oxygen atoms in total. The number of thioether (sulfide) groups is 2. The van der Waals surface area contributed by atoms with E-state index < -0.39 is 0 Å². The zero-order chi connectivity index (χ0) is 14.2. The fraction of sp³-hybridized carbons (Fsp3) is 0.143. The molecule has 0 bridgehead atoms. The number of nitrogens with one attached hydrogen (secondary N) is 2. The highest BCUT2D eigenvalue weighted by Crippen LogP contribution is 2.30. The van der Waals surface area contributed by atoms with Gasteiger partial charge in [-0.1, -0.05) is 24.3 Å². The molecule has 106 valence electrons. The van der Waals surface area contributed by atoms with Gasteiger partial charge >= 0.3 is 0 Å². The molecule has 0 heterocycles. The first-order valence-corrected chi connectivity index (χ1v) is 8.19. The molecule has 6 N–H and O–H groups in total. The van der Waals surface area contributed by atoms with Crippen molar-refractivity contribution in [2.45, 2.75) is 9.79 Å². The average Bonchev–Trinajstić information content (AvgIpc) is 2.52. The fourth-order valence-electron chi connectivity index (χ4n) is 1.73. The monoisotopic (exact) mass is 306 g/mol. The maximum absolute atomic E-state index is 5.49. The minimum absolute atomic E-state index is 0.964. The summed E-state index contributed by atoms with van der Waals surface area (Å²) < 4.78 is 0. The third kappa shape index (κ3) is 4.08. The molecule has 0 saturated heterocycles. The van der Waals surface area contributed by atoms with E-state index in [-0.39, 0.29) is 0 Å². The first-order chi connectivity index (χ1) is 9.85. The lowest BCUT2D eigenvalue weighted by atomic mass is 10.3. The van der Waals surface area contributed by atoms with E-state index in [4.69, 9.17) is 11.7 Å². The third-order valence-corrected chi connectivity index (χ3v) is 5.09. The Hall–Kier alpha value is -1.34. The Labute approximate surface area is 127 Å². The molecule has 0 radical (unpaired) electrons. The largest absolute Gasteiger partial charge is 0.323 e. The fourth-order valence-corrected chi connectivity index (χ4v) is 3.75. The van der Waals surface area contributed by atoms with Gasteiger partial charge < -0.3 is 10.9 Å². The van der Waals surface area contributed by atoms with Crippen LogP contribution in [0.5, 0.6) is 0 Å². The predicted octanol–water partition coefficient (Wildman–Crippen LogP) is 3.14. The van der Waals surface area contributed by atoms with Crippen LogP contribution in [-0.2, 0) is 0 Å². The molecule has 2 aromatic carbocycles. The highest BCUT2D eigenvalue weighted by atomic mass is 32.2. The number of hydrogen-bond donors (Lipinski definition) is 4. The summed E-state index contributed by atoms with van der Waals surface area (Å²) in [7, 11) is 0. The zero-order valence-electron chi connectivity index (χ0n) is 11.0. The highest BCUT2D eigenvalue weighted by Gasteiger charge is 2.03. The maximum Gasteiger partial charge on any atom is 0.0620 e. The molecule has 0 unspecified atom stereocenters. The molecule has 0 saturated carbocycles. The van der Waals surface area contributed by atoms with Gasteiger partial charge in [0.25, 0.3) is 0 Å². The van der Waals surface area contributed by atoms with E-state index in [1.807, 2.05) is 36.4 Å². The summed E-state index contributed by atoms with van der Waals surface area (Å²) in [4.78, 5) is 2.33. The van der Waals surface area contributed by atoms with E-state index in [1.54, 1.807) is 23.5 Å². The molecule has 0 atom stereocenters. The standard InChI is InChI=1S/C14H18N4S2/c15-17-11-5-1-3-7-13(11)19-9-10-20-14-8-4-2-6-12(14)18-16/h1-8,17-18H,9-10,15-16H2. The van der Waals surface area contributed by atoms with Crippen LogP contribution in [0.2, 0.25) is 0 Å². The lowest BCUT2D eigenvalue weighted by molar-refractivity contribution is 1.28. The topological polar surface area (TPSA) is 76.1 Å². The second kappa shape index (κ2) is 8.06. The first kappa shape index (κ1) is 15.1. The lowest BCUT2D eigenvalue weighted by Gasteiger charge is -2.09. The molecule has 0 aliphatic carbocycles. The Bertz CT molecular complexity index is 499. The van der Waals surface area contributed by atoms with Crippen molar-refractivity contribution in [2.75, 3.05) is 22.4 Å². The number of nitrogen functional groups attached to an aromatic ring is 2. The average molecular weight is 306 g/mol. The van der Waals surface area contributed by atoms with E-state index in [0.29, 0.717) is 0 Å². The summed E-state index contributed by atoms with van der Waals surface area (Å²) in [5.41, 5.74) is 7.37. The second-order valence-electron chi connectivity index (χ2n) is 3.98. The normalized spacial score (nSPS) is 10.3. The number of hydrogen-bond acceptors (Lipinski definition) is 6. The van der Waals surface area contributed by atoms with Crippen molar-refractivity contribution in [2.24, 2.45) is 11.7 Å². The molecular weight excluding hydrogens is 288 g/mol. The van der Waals surface area contributed by atoms with Crippen LogP contribution in [0.4, 0.5) is 11.4 Å². The Morgan fingerprint density at radius 2 is 1.10 bits per heavy atom. The summed E-state index contributed by atoms with van der Waals surface area (Å²) in [6.45, 7) is 0. The molecule has 0 aliphatic rings. The Kier molecular flexibility index (Phi) is 6.07. The summed E-state index contributed by atoms with van der Waals surface area (Å²) in [6.07, 6.45) is 0. The molecule has 0 fully saturated rings. The first-order valence-electron chi connectivity index (χ1n) is 6.22. The van der Waals surface area contributed by atoms with Gasteiger partial charge in [0.05, 0.1) is 11.4 Å². The van der Waals surface area contributed by atoms with E-state index in [9.17, 15) is 0 Å². The van der Waals surface area contributed by atoms with Crippen LogP contribution >= 0.6 is 23.5 Å². The Morgan fingerprint density at radius 1 is 0.700 bits per heavy atom. The van der Waals surface area contributed by atoms with E-state index in [1.165, 1.54) is 9.79 Å². The molecule has 6 heteroatoms. The van der Waals surface area contributed by atoms with Crippen molar-refractivity contribution in [3.05, 3.63) is 48.5 Å². The number of nitrogens with two attached hydrogens (primary N) is 2. The van der Waals surface area contributed by atoms with Crippen molar-refractivity contribution < 1.29 is 0 Å². The zero-order valence-corrected chi connectivity index (χ0v) is 12.6.